The van der Waals surface area contributed by atoms with Crippen molar-refractivity contribution < 1.29 is 9.18 Å². The molecule has 27 heavy (non-hydrogen) atoms. The number of likely N-dealkylation sites (tertiary alicyclic amines) is 1. The van der Waals surface area contributed by atoms with Gasteiger partial charge >= 0.3 is 0 Å². The molecule has 0 aromatic heterocycles. The van der Waals surface area contributed by atoms with E-state index < -0.39 is 0 Å². The van der Waals surface area contributed by atoms with Gasteiger partial charge in [-0.1, -0.05) is 18.2 Å². The van der Waals surface area contributed by atoms with Crippen LogP contribution in [0.1, 0.15) is 35.2 Å². The van der Waals surface area contributed by atoms with Crippen molar-refractivity contribution in [1.82, 2.24) is 10.2 Å². The fraction of sp³-hybridized carbons (Fsp3) is 0.409. The molecule has 0 atom stereocenters. The molecule has 4 rings (SSSR count). The Morgan fingerprint density at radius 3 is 2.67 bits per heavy atom. The monoisotopic (exact) mass is 388 g/mol. The van der Waals surface area contributed by atoms with E-state index in [0.29, 0.717) is 11.0 Å². The van der Waals surface area contributed by atoms with Crippen molar-refractivity contribution in [2.24, 2.45) is 5.41 Å². The molecule has 0 saturated carbocycles. The molecule has 2 fully saturated rings. The second-order valence-electron chi connectivity index (χ2n) is 7.77. The van der Waals surface area contributed by atoms with Crippen molar-refractivity contribution in [2.75, 3.05) is 26.2 Å². The Morgan fingerprint density at radius 1 is 1.11 bits per heavy atom. The van der Waals surface area contributed by atoms with E-state index in [-0.39, 0.29) is 24.1 Å². The van der Waals surface area contributed by atoms with E-state index in [2.05, 4.69) is 5.32 Å². The maximum absolute atomic E-state index is 13.7. The predicted octanol–water partition coefficient (Wildman–Crippen LogP) is 4.44. The average molecular weight is 389 g/mol. The van der Waals surface area contributed by atoms with Gasteiger partial charge in [-0.25, -0.2) is 4.39 Å². The zero-order valence-electron chi connectivity index (χ0n) is 15.6. The summed E-state index contributed by atoms with van der Waals surface area (Å²) in [7, 11) is 0. The minimum absolute atomic E-state index is 0. The minimum Gasteiger partial charge on any atom is -0.338 e. The molecule has 0 radical (unpaired) electrons. The topological polar surface area (TPSA) is 32.3 Å². The molecule has 1 amide bonds. The Bertz CT molecular complexity index is 833. The van der Waals surface area contributed by atoms with Gasteiger partial charge < -0.3 is 10.2 Å². The van der Waals surface area contributed by atoms with Crippen LogP contribution in [-0.2, 0) is 0 Å². The van der Waals surface area contributed by atoms with E-state index in [9.17, 15) is 9.18 Å². The number of carbonyl (C=O) groups is 1. The Balaban J connectivity index is 0.00000210. The SMILES string of the molecule is Cc1ccc(F)cc1-c1cccc(C(=O)N2CCC3(CCNCC3)C2)c1.Cl. The number of carbonyl (C=O) groups excluding carboxylic acids is 1. The zero-order valence-corrected chi connectivity index (χ0v) is 16.4. The largest absolute Gasteiger partial charge is 0.338 e. The van der Waals surface area contributed by atoms with Gasteiger partial charge in [-0.2, -0.15) is 0 Å². The third-order valence-electron chi connectivity index (χ3n) is 6.01. The third-order valence-corrected chi connectivity index (χ3v) is 6.01. The van der Waals surface area contributed by atoms with Crippen LogP contribution in [0.25, 0.3) is 11.1 Å². The van der Waals surface area contributed by atoms with Crippen molar-refractivity contribution in [3.63, 3.8) is 0 Å². The number of piperidine rings is 1. The summed E-state index contributed by atoms with van der Waals surface area (Å²) in [5, 5.41) is 3.41. The number of nitrogens with one attached hydrogen (secondary N) is 1. The van der Waals surface area contributed by atoms with Gasteiger partial charge in [0.25, 0.3) is 5.91 Å². The fourth-order valence-electron chi connectivity index (χ4n) is 4.38. The van der Waals surface area contributed by atoms with Crippen molar-refractivity contribution in [2.45, 2.75) is 26.2 Å². The molecular weight excluding hydrogens is 363 g/mol. The van der Waals surface area contributed by atoms with Crippen LogP contribution < -0.4 is 5.32 Å². The van der Waals surface area contributed by atoms with Crippen LogP contribution in [0.4, 0.5) is 4.39 Å². The summed E-state index contributed by atoms with van der Waals surface area (Å²) in [5.74, 6) is -0.161. The summed E-state index contributed by atoms with van der Waals surface area (Å²) in [4.78, 5) is 15.0. The number of hydrogen-bond donors (Lipinski definition) is 1. The molecule has 2 aromatic rings. The number of aryl methyl sites for hydroxylation is 1. The molecule has 2 heterocycles. The van der Waals surface area contributed by atoms with Crippen LogP contribution in [0.2, 0.25) is 0 Å². The van der Waals surface area contributed by atoms with Gasteiger partial charge in [-0.05, 0) is 85.6 Å². The van der Waals surface area contributed by atoms with Crippen LogP contribution in [0.3, 0.4) is 0 Å². The maximum atomic E-state index is 13.7. The molecule has 0 aliphatic carbocycles. The lowest BCUT2D eigenvalue weighted by atomic mass is 9.78. The predicted molar refractivity (Wildman–Crippen MR) is 109 cm³/mol. The Hall–Kier alpha value is -1.91. The van der Waals surface area contributed by atoms with Crippen LogP contribution in [0.15, 0.2) is 42.5 Å². The van der Waals surface area contributed by atoms with Crippen LogP contribution in [0, 0.1) is 18.2 Å². The standard InChI is InChI=1S/C22H25FN2O.ClH/c1-16-5-6-19(23)14-20(16)17-3-2-4-18(13-17)21(26)25-12-9-22(15-25)7-10-24-11-8-22;/h2-6,13-14,24H,7-12,15H2,1H3;1H. The smallest absolute Gasteiger partial charge is 0.253 e. The Kier molecular flexibility index (Phi) is 5.87. The molecule has 2 aromatic carbocycles. The molecule has 0 bridgehead atoms. The maximum Gasteiger partial charge on any atom is 0.253 e. The molecule has 2 aliphatic heterocycles. The number of rotatable bonds is 2. The van der Waals surface area contributed by atoms with Crippen LogP contribution in [0.5, 0.6) is 0 Å². The van der Waals surface area contributed by atoms with E-state index in [0.717, 1.165) is 62.1 Å². The Morgan fingerprint density at radius 2 is 1.89 bits per heavy atom. The molecule has 144 valence electrons. The molecule has 1 N–H and O–H groups in total. The normalized spacial score (nSPS) is 18.4. The molecule has 2 aliphatic rings. The molecule has 0 unspecified atom stereocenters. The number of nitrogens with zero attached hydrogens (tertiary/aromatic N) is 1. The zero-order chi connectivity index (χ0) is 18.1. The highest BCUT2D eigenvalue weighted by molar-refractivity contribution is 5.95. The summed E-state index contributed by atoms with van der Waals surface area (Å²) in [5.41, 5.74) is 3.74. The van der Waals surface area contributed by atoms with Gasteiger partial charge in [0.15, 0.2) is 0 Å². The first-order chi connectivity index (χ1) is 12.6. The number of amides is 1. The first kappa shape index (κ1) is 19.8. The van der Waals surface area contributed by atoms with Crippen molar-refractivity contribution in [3.05, 3.63) is 59.4 Å². The summed E-state index contributed by atoms with van der Waals surface area (Å²) >= 11 is 0. The van der Waals surface area contributed by atoms with Gasteiger partial charge in [0.1, 0.15) is 5.82 Å². The van der Waals surface area contributed by atoms with Crippen LogP contribution in [-0.4, -0.2) is 37.0 Å². The lowest BCUT2D eigenvalue weighted by molar-refractivity contribution is 0.0762. The van der Waals surface area contributed by atoms with E-state index in [1.807, 2.05) is 36.1 Å². The van der Waals surface area contributed by atoms with E-state index >= 15 is 0 Å². The lowest BCUT2D eigenvalue weighted by Gasteiger charge is -2.33. The van der Waals surface area contributed by atoms with E-state index in [1.54, 1.807) is 12.1 Å². The van der Waals surface area contributed by atoms with Gasteiger partial charge in [0, 0.05) is 18.7 Å². The number of benzene rings is 2. The van der Waals surface area contributed by atoms with Crippen molar-refractivity contribution in [3.8, 4) is 11.1 Å². The van der Waals surface area contributed by atoms with Crippen molar-refractivity contribution >= 4 is 18.3 Å². The molecule has 1 spiro atoms. The summed E-state index contributed by atoms with van der Waals surface area (Å²) in [6.45, 7) is 5.76. The third kappa shape index (κ3) is 4.02. The minimum atomic E-state index is -0.255. The highest BCUT2D eigenvalue weighted by atomic mass is 35.5. The molecule has 3 nitrogen and oxygen atoms in total. The second kappa shape index (κ2) is 7.99. The van der Waals surface area contributed by atoms with Crippen molar-refractivity contribution in [1.29, 1.82) is 0 Å². The van der Waals surface area contributed by atoms with Gasteiger partial charge in [-0.3, -0.25) is 4.79 Å². The first-order valence-corrected chi connectivity index (χ1v) is 9.43. The quantitative estimate of drug-likeness (QED) is 0.824. The average Bonchev–Trinajstić information content (AvgIpc) is 3.07. The lowest BCUT2D eigenvalue weighted by Crippen LogP contribution is -2.39. The molecule has 2 saturated heterocycles. The summed E-state index contributed by atoms with van der Waals surface area (Å²) in [6.07, 6.45) is 3.40. The summed E-state index contributed by atoms with van der Waals surface area (Å²) < 4.78 is 13.7. The van der Waals surface area contributed by atoms with Crippen LogP contribution >= 0.6 is 12.4 Å². The fourth-order valence-corrected chi connectivity index (χ4v) is 4.38. The van der Waals surface area contributed by atoms with Gasteiger partial charge in [0.05, 0.1) is 0 Å². The molecular formula is C22H26ClFN2O. The first-order valence-electron chi connectivity index (χ1n) is 9.43. The van der Waals surface area contributed by atoms with Gasteiger partial charge in [-0.15, -0.1) is 12.4 Å². The number of hydrogen-bond acceptors (Lipinski definition) is 2. The second-order valence-corrected chi connectivity index (χ2v) is 7.77. The molecule has 5 heteroatoms. The van der Waals surface area contributed by atoms with Gasteiger partial charge in [0.2, 0.25) is 0 Å². The van der Waals surface area contributed by atoms with E-state index in [4.69, 9.17) is 0 Å². The van der Waals surface area contributed by atoms with E-state index in [1.165, 1.54) is 6.07 Å². The Labute approximate surface area is 166 Å². The highest BCUT2D eigenvalue weighted by Crippen LogP contribution is 2.39. The number of halogens is 2. The summed E-state index contributed by atoms with van der Waals surface area (Å²) in [6, 6.07) is 12.4. The highest BCUT2D eigenvalue weighted by Gasteiger charge is 2.40.